The molecule has 2 rings (SSSR count). The SMILES string of the molecule is Nc1ccc(C(F)(F)F)cc1C(=O)c1cccnc1N. The monoisotopic (exact) mass is 281 g/mol. The highest BCUT2D eigenvalue weighted by Gasteiger charge is 2.31. The van der Waals surface area contributed by atoms with E-state index in [0.29, 0.717) is 6.07 Å². The molecule has 0 saturated carbocycles. The number of ketones is 1. The highest BCUT2D eigenvalue weighted by atomic mass is 19.4. The van der Waals surface area contributed by atoms with Crippen LogP contribution in [0.4, 0.5) is 24.7 Å². The first-order chi connectivity index (χ1) is 9.30. The molecule has 1 aromatic heterocycles. The summed E-state index contributed by atoms with van der Waals surface area (Å²) in [6, 6.07) is 5.42. The quantitative estimate of drug-likeness (QED) is 0.654. The molecule has 0 amide bonds. The number of carbonyl (C=O) groups excluding carboxylic acids is 1. The molecule has 1 heterocycles. The van der Waals surface area contributed by atoms with Crippen LogP contribution in [0.2, 0.25) is 0 Å². The van der Waals surface area contributed by atoms with Gasteiger partial charge in [-0.05, 0) is 30.3 Å². The van der Waals surface area contributed by atoms with E-state index in [1.165, 1.54) is 18.3 Å². The zero-order valence-corrected chi connectivity index (χ0v) is 10.1. The van der Waals surface area contributed by atoms with E-state index in [4.69, 9.17) is 11.5 Å². The molecule has 0 aliphatic rings. The molecule has 4 N–H and O–H groups in total. The van der Waals surface area contributed by atoms with Gasteiger partial charge in [-0.15, -0.1) is 0 Å². The van der Waals surface area contributed by atoms with Gasteiger partial charge in [-0.2, -0.15) is 13.2 Å². The third-order valence-corrected chi connectivity index (χ3v) is 2.71. The molecule has 0 aliphatic carbocycles. The van der Waals surface area contributed by atoms with Crippen LogP contribution in [-0.4, -0.2) is 10.8 Å². The molecule has 0 saturated heterocycles. The van der Waals surface area contributed by atoms with Crippen LogP contribution in [0.3, 0.4) is 0 Å². The highest BCUT2D eigenvalue weighted by molar-refractivity contribution is 6.14. The Morgan fingerprint density at radius 2 is 1.80 bits per heavy atom. The molecule has 0 aliphatic heterocycles. The first kappa shape index (κ1) is 13.9. The molecule has 104 valence electrons. The predicted molar refractivity (Wildman–Crippen MR) is 67.9 cm³/mol. The van der Waals surface area contributed by atoms with Crippen LogP contribution in [0.15, 0.2) is 36.5 Å². The van der Waals surface area contributed by atoms with Gasteiger partial charge in [0.2, 0.25) is 0 Å². The minimum atomic E-state index is -4.55. The van der Waals surface area contributed by atoms with Crippen molar-refractivity contribution in [3.8, 4) is 0 Å². The van der Waals surface area contributed by atoms with Crippen LogP contribution in [0.1, 0.15) is 21.5 Å². The summed E-state index contributed by atoms with van der Waals surface area (Å²) >= 11 is 0. The molecule has 0 unspecified atom stereocenters. The number of benzene rings is 1. The number of hydrogen-bond acceptors (Lipinski definition) is 4. The molecule has 4 nitrogen and oxygen atoms in total. The Morgan fingerprint density at radius 3 is 2.40 bits per heavy atom. The van der Waals surface area contributed by atoms with E-state index < -0.39 is 17.5 Å². The molecule has 0 spiro atoms. The van der Waals surface area contributed by atoms with E-state index in [1.807, 2.05) is 0 Å². The zero-order valence-electron chi connectivity index (χ0n) is 10.1. The lowest BCUT2D eigenvalue weighted by atomic mass is 10.00. The Kier molecular flexibility index (Phi) is 3.35. The summed E-state index contributed by atoms with van der Waals surface area (Å²) in [4.78, 5) is 15.9. The number of pyridine rings is 1. The Labute approximate surface area is 112 Å². The Bertz CT molecular complexity index is 668. The number of hydrogen-bond donors (Lipinski definition) is 2. The van der Waals surface area contributed by atoms with E-state index in [0.717, 1.165) is 12.1 Å². The lowest BCUT2D eigenvalue weighted by Gasteiger charge is -2.11. The fourth-order valence-corrected chi connectivity index (χ4v) is 1.68. The van der Waals surface area contributed by atoms with Crippen molar-refractivity contribution in [2.75, 3.05) is 11.5 Å². The summed E-state index contributed by atoms with van der Waals surface area (Å²) < 4.78 is 38.0. The van der Waals surface area contributed by atoms with Crippen molar-refractivity contribution in [1.82, 2.24) is 4.98 Å². The number of carbonyl (C=O) groups is 1. The number of nitrogen functional groups attached to an aromatic ring is 2. The third-order valence-electron chi connectivity index (χ3n) is 2.71. The minimum Gasteiger partial charge on any atom is -0.398 e. The lowest BCUT2D eigenvalue weighted by molar-refractivity contribution is -0.137. The van der Waals surface area contributed by atoms with Crippen molar-refractivity contribution in [2.45, 2.75) is 6.18 Å². The van der Waals surface area contributed by atoms with Gasteiger partial charge in [0.15, 0.2) is 5.78 Å². The van der Waals surface area contributed by atoms with Crippen LogP contribution in [0, 0.1) is 0 Å². The second kappa shape index (κ2) is 4.84. The average molecular weight is 281 g/mol. The van der Waals surface area contributed by atoms with Crippen molar-refractivity contribution in [2.24, 2.45) is 0 Å². The number of rotatable bonds is 2. The summed E-state index contributed by atoms with van der Waals surface area (Å²) in [5.41, 5.74) is 9.87. The molecule has 0 bridgehead atoms. The second-order valence-electron chi connectivity index (χ2n) is 4.07. The second-order valence-corrected chi connectivity index (χ2v) is 4.07. The first-order valence-corrected chi connectivity index (χ1v) is 5.52. The van der Waals surface area contributed by atoms with Crippen molar-refractivity contribution in [1.29, 1.82) is 0 Å². The topological polar surface area (TPSA) is 82.0 Å². The maximum atomic E-state index is 12.7. The summed E-state index contributed by atoms with van der Waals surface area (Å²) in [7, 11) is 0. The first-order valence-electron chi connectivity index (χ1n) is 5.52. The molecule has 7 heteroatoms. The lowest BCUT2D eigenvalue weighted by Crippen LogP contribution is -2.12. The fourth-order valence-electron chi connectivity index (χ4n) is 1.68. The molecule has 0 fully saturated rings. The van der Waals surface area contributed by atoms with Gasteiger partial charge in [-0.25, -0.2) is 4.98 Å². The largest absolute Gasteiger partial charge is 0.416 e. The smallest absolute Gasteiger partial charge is 0.398 e. The number of anilines is 2. The maximum absolute atomic E-state index is 12.7. The molecular weight excluding hydrogens is 271 g/mol. The van der Waals surface area contributed by atoms with Crippen LogP contribution in [-0.2, 0) is 6.18 Å². The standard InChI is InChI=1S/C13H10F3N3O/c14-13(15,16)7-3-4-10(17)9(6-7)11(20)8-2-1-5-19-12(8)18/h1-6H,17H2,(H2,18,19). The molecule has 2 aromatic rings. The van der Waals surface area contributed by atoms with Gasteiger partial charge in [-0.1, -0.05) is 0 Å². The average Bonchev–Trinajstić information content (AvgIpc) is 2.37. The van der Waals surface area contributed by atoms with Crippen molar-refractivity contribution in [3.05, 3.63) is 53.2 Å². The Hall–Kier alpha value is -2.57. The molecule has 1 aromatic carbocycles. The predicted octanol–water partition coefficient (Wildman–Crippen LogP) is 2.50. The molecule has 20 heavy (non-hydrogen) atoms. The van der Waals surface area contributed by atoms with Gasteiger partial charge in [0.05, 0.1) is 11.1 Å². The number of halogens is 3. The Morgan fingerprint density at radius 1 is 1.10 bits per heavy atom. The summed E-state index contributed by atoms with van der Waals surface area (Å²) in [6.45, 7) is 0. The van der Waals surface area contributed by atoms with Gasteiger partial charge >= 0.3 is 6.18 Å². The van der Waals surface area contributed by atoms with E-state index in [-0.39, 0.29) is 22.6 Å². The highest BCUT2D eigenvalue weighted by Crippen LogP contribution is 2.32. The van der Waals surface area contributed by atoms with E-state index >= 15 is 0 Å². The van der Waals surface area contributed by atoms with Gasteiger partial charge < -0.3 is 11.5 Å². The van der Waals surface area contributed by atoms with Crippen molar-refractivity contribution in [3.63, 3.8) is 0 Å². The third kappa shape index (κ3) is 2.56. The summed E-state index contributed by atoms with van der Waals surface area (Å²) in [5.74, 6) is -0.756. The van der Waals surface area contributed by atoms with Crippen LogP contribution in [0.5, 0.6) is 0 Å². The molecule has 0 radical (unpaired) electrons. The van der Waals surface area contributed by atoms with Crippen molar-refractivity contribution < 1.29 is 18.0 Å². The van der Waals surface area contributed by atoms with Crippen LogP contribution >= 0.6 is 0 Å². The fraction of sp³-hybridized carbons (Fsp3) is 0.0769. The maximum Gasteiger partial charge on any atom is 0.416 e. The number of aromatic nitrogens is 1. The summed E-state index contributed by atoms with van der Waals surface area (Å²) in [5, 5.41) is 0. The van der Waals surface area contributed by atoms with Crippen LogP contribution in [0.25, 0.3) is 0 Å². The number of nitrogens with zero attached hydrogens (tertiary/aromatic N) is 1. The van der Waals surface area contributed by atoms with Gasteiger partial charge in [0, 0.05) is 17.4 Å². The van der Waals surface area contributed by atoms with E-state index in [2.05, 4.69) is 4.98 Å². The number of nitrogens with two attached hydrogens (primary N) is 2. The summed E-state index contributed by atoms with van der Waals surface area (Å²) in [6.07, 6.45) is -3.18. The van der Waals surface area contributed by atoms with Gasteiger partial charge in [0.25, 0.3) is 0 Å². The van der Waals surface area contributed by atoms with Gasteiger partial charge in [-0.3, -0.25) is 4.79 Å². The van der Waals surface area contributed by atoms with Gasteiger partial charge in [0.1, 0.15) is 5.82 Å². The zero-order chi connectivity index (χ0) is 14.9. The van der Waals surface area contributed by atoms with Crippen LogP contribution < -0.4 is 11.5 Å². The minimum absolute atomic E-state index is 0.0125. The van der Waals surface area contributed by atoms with Crippen molar-refractivity contribution >= 4 is 17.3 Å². The molecular formula is C13H10F3N3O. The molecule has 0 atom stereocenters. The van der Waals surface area contributed by atoms with E-state index in [1.54, 1.807) is 0 Å². The Balaban J connectivity index is 2.53. The normalized spacial score (nSPS) is 11.3. The van der Waals surface area contributed by atoms with E-state index in [9.17, 15) is 18.0 Å². The number of alkyl halides is 3.